The summed E-state index contributed by atoms with van der Waals surface area (Å²) in [6.07, 6.45) is 5.06. The van der Waals surface area contributed by atoms with Crippen molar-refractivity contribution in [2.75, 3.05) is 0 Å². The lowest BCUT2D eigenvalue weighted by Crippen LogP contribution is -2.18. The van der Waals surface area contributed by atoms with Gasteiger partial charge in [-0.15, -0.1) is 0 Å². The number of nitrogens with one attached hydrogen (secondary N) is 1. The van der Waals surface area contributed by atoms with E-state index in [-0.39, 0.29) is 11.8 Å². The van der Waals surface area contributed by atoms with E-state index in [4.69, 9.17) is 5.11 Å². The molecule has 0 aliphatic heterocycles. The first-order valence-corrected chi connectivity index (χ1v) is 5.53. The van der Waals surface area contributed by atoms with Crippen LogP contribution in [0, 0.1) is 0 Å². The van der Waals surface area contributed by atoms with Gasteiger partial charge in [0.2, 0.25) is 0 Å². The quantitative estimate of drug-likeness (QED) is 0.842. The van der Waals surface area contributed by atoms with Crippen LogP contribution in [0.5, 0.6) is 5.75 Å². The van der Waals surface area contributed by atoms with Crippen LogP contribution in [-0.4, -0.2) is 15.1 Å². The fourth-order valence-electron chi connectivity index (χ4n) is 1.53. The molecule has 0 radical (unpaired) electrons. The van der Waals surface area contributed by atoms with Crippen molar-refractivity contribution < 1.29 is 5.11 Å². The molecule has 0 saturated carbocycles. The number of hydrogen-bond donors (Lipinski definition) is 2. The lowest BCUT2D eigenvalue weighted by molar-refractivity contribution is 0.471. The summed E-state index contributed by atoms with van der Waals surface area (Å²) in [6.45, 7) is 2.74. The summed E-state index contributed by atoms with van der Waals surface area (Å²) in [6, 6.07) is 7.62. The first-order chi connectivity index (χ1) is 8.25. The van der Waals surface area contributed by atoms with Crippen molar-refractivity contribution in [2.24, 2.45) is 0 Å². The molecule has 2 heterocycles. The molecule has 2 aromatic heterocycles. The molecule has 4 heteroatoms. The highest BCUT2D eigenvalue weighted by atomic mass is 16.3. The maximum atomic E-state index is 9.12. The monoisotopic (exact) mass is 229 g/mol. The van der Waals surface area contributed by atoms with E-state index < -0.39 is 0 Å². The lowest BCUT2D eigenvalue weighted by Gasteiger charge is -2.13. The first kappa shape index (κ1) is 11.5. The van der Waals surface area contributed by atoms with Crippen LogP contribution >= 0.6 is 0 Å². The summed E-state index contributed by atoms with van der Waals surface area (Å²) in [7, 11) is 0. The molecule has 0 amide bonds. The zero-order chi connectivity index (χ0) is 12.1. The molecule has 88 valence electrons. The Morgan fingerprint density at radius 2 is 2.18 bits per heavy atom. The minimum absolute atomic E-state index is 0.189. The van der Waals surface area contributed by atoms with Crippen molar-refractivity contribution in [1.82, 2.24) is 15.3 Å². The van der Waals surface area contributed by atoms with E-state index in [9.17, 15) is 0 Å². The Hall–Kier alpha value is -1.94. The number of aromatic nitrogens is 2. The van der Waals surface area contributed by atoms with Crippen LogP contribution in [-0.2, 0) is 6.54 Å². The van der Waals surface area contributed by atoms with Crippen LogP contribution in [0.1, 0.15) is 24.2 Å². The molecule has 1 atom stereocenters. The fraction of sp³-hybridized carbons (Fsp3) is 0.231. The second-order valence-corrected chi connectivity index (χ2v) is 3.90. The van der Waals surface area contributed by atoms with E-state index in [1.165, 1.54) is 6.20 Å². The van der Waals surface area contributed by atoms with Crippen LogP contribution in [0.3, 0.4) is 0 Å². The predicted molar refractivity (Wildman–Crippen MR) is 65.4 cm³/mol. The number of nitrogens with zero attached hydrogens (tertiary/aromatic N) is 2. The molecule has 0 aromatic carbocycles. The maximum Gasteiger partial charge on any atom is 0.133 e. The van der Waals surface area contributed by atoms with Gasteiger partial charge in [0.1, 0.15) is 5.75 Å². The molecule has 0 aliphatic rings. The van der Waals surface area contributed by atoms with Gasteiger partial charge in [-0.05, 0) is 30.7 Å². The van der Waals surface area contributed by atoms with Gasteiger partial charge in [-0.25, -0.2) is 0 Å². The molecular weight excluding hydrogens is 214 g/mol. The molecule has 0 aliphatic carbocycles. The van der Waals surface area contributed by atoms with Gasteiger partial charge in [0, 0.05) is 25.0 Å². The standard InChI is InChI=1S/C13H15N3O/c1-10(11-3-2-6-14-7-11)15-8-12-4-5-13(17)9-16-12/h2-7,9-10,15,17H,8H2,1H3/t10-/m1/s1. The minimum atomic E-state index is 0.189. The van der Waals surface area contributed by atoms with E-state index >= 15 is 0 Å². The number of aromatic hydroxyl groups is 1. The highest BCUT2D eigenvalue weighted by molar-refractivity contribution is 5.18. The molecule has 2 N–H and O–H groups in total. The number of pyridine rings is 2. The normalized spacial score (nSPS) is 12.3. The minimum Gasteiger partial charge on any atom is -0.506 e. The van der Waals surface area contributed by atoms with E-state index in [1.54, 1.807) is 18.3 Å². The third kappa shape index (κ3) is 3.26. The molecule has 0 saturated heterocycles. The Morgan fingerprint density at radius 1 is 1.29 bits per heavy atom. The van der Waals surface area contributed by atoms with Crippen molar-refractivity contribution in [3.63, 3.8) is 0 Å². The maximum absolute atomic E-state index is 9.12. The lowest BCUT2D eigenvalue weighted by atomic mass is 10.1. The third-order valence-electron chi connectivity index (χ3n) is 2.58. The van der Waals surface area contributed by atoms with E-state index in [2.05, 4.69) is 22.2 Å². The molecule has 2 rings (SSSR count). The van der Waals surface area contributed by atoms with Gasteiger partial charge in [-0.1, -0.05) is 6.07 Å². The van der Waals surface area contributed by atoms with Crippen LogP contribution in [0.15, 0.2) is 42.9 Å². The first-order valence-electron chi connectivity index (χ1n) is 5.53. The average Bonchev–Trinajstić information content (AvgIpc) is 2.39. The van der Waals surface area contributed by atoms with E-state index in [1.807, 2.05) is 18.3 Å². The highest BCUT2D eigenvalue weighted by Gasteiger charge is 2.04. The van der Waals surface area contributed by atoms with Crippen LogP contribution in [0.2, 0.25) is 0 Å². The van der Waals surface area contributed by atoms with Crippen LogP contribution in [0.25, 0.3) is 0 Å². The second-order valence-electron chi connectivity index (χ2n) is 3.90. The van der Waals surface area contributed by atoms with Crippen molar-refractivity contribution in [3.8, 4) is 5.75 Å². The molecule has 2 aromatic rings. The van der Waals surface area contributed by atoms with Crippen LogP contribution < -0.4 is 5.32 Å². The SMILES string of the molecule is C[C@@H](NCc1ccc(O)cn1)c1cccnc1. The van der Waals surface area contributed by atoms with Gasteiger partial charge in [0.15, 0.2) is 0 Å². The third-order valence-corrected chi connectivity index (χ3v) is 2.58. The summed E-state index contributed by atoms with van der Waals surface area (Å²) < 4.78 is 0. The summed E-state index contributed by atoms with van der Waals surface area (Å²) in [5, 5.41) is 12.5. The smallest absolute Gasteiger partial charge is 0.133 e. The highest BCUT2D eigenvalue weighted by Crippen LogP contribution is 2.11. The Kier molecular flexibility index (Phi) is 3.67. The van der Waals surface area contributed by atoms with Crippen LogP contribution in [0.4, 0.5) is 0 Å². The van der Waals surface area contributed by atoms with Gasteiger partial charge in [0.25, 0.3) is 0 Å². The predicted octanol–water partition coefficient (Wildman–Crippen LogP) is 2.03. The van der Waals surface area contributed by atoms with E-state index in [0.717, 1.165) is 11.3 Å². The summed E-state index contributed by atoms with van der Waals surface area (Å²) in [4.78, 5) is 8.20. The zero-order valence-corrected chi connectivity index (χ0v) is 9.67. The Labute approximate surface area is 100 Å². The van der Waals surface area contributed by atoms with Gasteiger partial charge < -0.3 is 10.4 Å². The largest absolute Gasteiger partial charge is 0.506 e. The molecule has 17 heavy (non-hydrogen) atoms. The van der Waals surface area contributed by atoms with E-state index in [0.29, 0.717) is 6.54 Å². The summed E-state index contributed by atoms with van der Waals surface area (Å²) in [5.74, 6) is 0.189. The van der Waals surface area contributed by atoms with Gasteiger partial charge in [0.05, 0.1) is 11.9 Å². The van der Waals surface area contributed by atoms with Crippen molar-refractivity contribution >= 4 is 0 Å². The molecular formula is C13H15N3O. The van der Waals surface area contributed by atoms with Crippen molar-refractivity contribution in [2.45, 2.75) is 19.5 Å². The fourth-order valence-corrected chi connectivity index (χ4v) is 1.53. The molecule has 0 spiro atoms. The number of hydrogen-bond acceptors (Lipinski definition) is 4. The Bertz CT molecular complexity index is 456. The van der Waals surface area contributed by atoms with Crippen molar-refractivity contribution in [3.05, 3.63) is 54.1 Å². The van der Waals surface area contributed by atoms with Gasteiger partial charge in [-0.3, -0.25) is 9.97 Å². The summed E-state index contributed by atoms with van der Waals surface area (Å²) >= 11 is 0. The zero-order valence-electron chi connectivity index (χ0n) is 9.67. The molecule has 0 unspecified atom stereocenters. The second kappa shape index (κ2) is 5.41. The Balaban J connectivity index is 1.92. The Morgan fingerprint density at radius 3 is 2.82 bits per heavy atom. The van der Waals surface area contributed by atoms with Gasteiger partial charge in [-0.2, -0.15) is 0 Å². The topological polar surface area (TPSA) is 58.0 Å². The van der Waals surface area contributed by atoms with Gasteiger partial charge >= 0.3 is 0 Å². The molecule has 4 nitrogen and oxygen atoms in total. The summed E-state index contributed by atoms with van der Waals surface area (Å²) in [5.41, 5.74) is 2.05. The molecule has 0 bridgehead atoms. The van der Waals surface area contributed by atoms with Crippen molar-refractivity contribution in [1.29, 1.82) is 0 Å². The average molecular weight is 229 g/mol. The number of rotatable bonds is 4. The molecule has 0 fully saturated rings.